The molecule has 0 amide bonds. The zero-order valence-electron chi connectivity index (χ0n) is 15.4. The molecule has 0 spiro atoms. The Morgan fingerprint density at radius 3 is 2.41 bits per heavy atom. The molecule has 29 heavy (non-hydrogen) atoms. The largest absolute Gasteiger partial charge is 0.422 e. The van der Waals surface area contributed by atoms with Crippen LogP contribution in [0.15, 0.2) is 87.3 Å². The number of esters is 1. The number of ether oxygens (including phenoxy) is 1. The van der Waals surface area contributed by atoms with Gasteiger partial charge in [-0.15, -0.1) is 0 Å². The molecule has 0 fully saturated rings. The van der Waals surface area contributed by atoms with Gasteiger partial charge in [0.05, 0.1) is 16.7 Å². The summed E-state index contributed by atoms with van der Waals surface area (Å²) in [6, 6.07) is 19.9. The normalized spacial score (nSPS) is 11.4. The van der Waals surface area contributed by atoms with Crippen LogP contribution in [0, 0.1) is 6.92 Å². The second kappa shape index (κ2) is 9.02. The lowest BCUT2D eigenvalue weighted by Gasteiger charge is -2.08. The van der Waals surface area contributed by atoms with Gasteiger partial charge in [-0.25, -0.2) is 9.63 Å². The van der Waals surface area contributed by atoms with E-state index >= 15 is 0 Å². The highest BCUT2D eigenvalue weighted by Crippen LogP contribution is 2.23. The van der Waals surface area contributed by atoms with E-state index < -0.39 is 16.0 Å². The van der Waals surface area contributed by atoms with Crippen LogP contribution in [-0.4, -0.2) is 20.6 Å². The minimum atomic E-state index is -3.80. The van der Waals surface area contributed by atoms with Crippen LogP contribution in [0.2, 0.25) is 0 Å². The van der Waals surface area contributed by atoms with Gasteiger partial charge in [-0.3, -0.25) is 0 Å². The first kappa shape index (κ1) is 20.8. The molecule has 0 bridgehead atoms. The summed E-state index contributed by atoms with van der Waals surface area (Å²) in [5.41, 5.74) is 1.78. The molecular weight excluding hydrogens is 456 g/mol. The summed E-state index contributed by atoms with van der Waals surface area (Å²) in [6.45, 7) is 1.87. The second-order valence-electron chi connectivity index (χ2n) is 6.10. The molecular formula is C21H17BrN2O4S. The Morgan fingerprint density at radius 2 is 1.72 bits per heavy atom. The van der Waals surface area contributed by atoms with E-state index in [0.717, 1.165) is 10.0 Å². The Balaban J connectivity index is 1.79. The first-order chi connectivity index (χ1) is 13.8. The maximum absolute atomic E-state index is 12.3. The van der Waals surface area contributed by atoms with Crippen molar-refractivity contribution in [2.24, 2.45) is 5.10 Å². The molecule has 148 valence electrons. The maximum Gasteiger partial charge on any atom is 0.343 e. The predicted octanol–water partition coefficient (Wildman–Crippen LogP) is 4.29. The number of aryl methyl sites for hydroxylation is 1. The van der Waals surface area contributed by atoms with Crippen LogP contribution in [0.25, 0.3) is 0 Å². The number of rotatable bonds is 6. The molecule has 0 heterocycles. The first-order valence-corrected chi connectivity index (χ1v) is 10.8. The number of nitrogens with zero attached hydrogens (tertiary/aromatic N) is 1. The number of carbonyl (C=O) groups excluding carboxylic acids is 1. The Labute approximate surface area is 177 Å². The monoisotopic (exact) mass is 472 g/mol. The molecule has 0 atom stereocenters. The van der Waals surface area contributed by atoms with E-state index in [1.54, 1.807) is 60.7 Å². The molecule has 0 unspecified atom stereocenters. The molecule has 1 N–H and O–H groups in total. The molecule has 0 radical (unpaired) electrons. The van der Waals surface area contributed by atoms with Crippen LogP contribution in [0.1, 0.15) is 21.5 Å². The van der Waals surface area contributed by atoms with Crippen molar-refractivity contribution in [3.05, 3.63) is 94.0 Å². The fraction of sp³-hybridized carbons (Fsp3) is 0.0476. The molecule has 8 heteroatoms. The number of carbonyl (C=O) groups is 1. The van der Waals surface area contributed by atoms with Crippen LogP contribution < -0.4 is 9.57 Å². The van der Waals surface area contributed by atoms with Gasteiger partial charge in [-0.1, -0.05) is 51.8 Å². The lowest BCUT2D eigenvalue weighted by molar-refractivity contribution is 0.0734. The number of hydrazone groups is 1. The Kier molecular flexibility index (Phi) is 6.46. The third-order valence-electron chi connectivity index (χ3n) is 3.89. The summed E-state index contributed by atoms with van der Waals surface area (Å²) in [5, 5.41) is 3.82. The number of benzene rings is 3. The van der Waals surface area contributed by atoms with Crippen molar-refractivity contribution in [2.45, 2.75) is 11.8 Å². The third-order valence-corrected chi connectivity index (χ3v) is 5.62. The minimum Gasteiger partial charge on any atom is -0.422 e. The van der Waals surface area contributed by atoms with E-state index in [4.69, 9.17) is 4.74 Å². The van der Waals surface area contributed by atoms with Crippen LogP contribution in [0.3, 0.4) is 0 Å². The van der Waals surface area contributed by atoms with Crippen molar-refractivity contribution < 1.29 is 17.9 Å². The molecule has 0 aromatic heterocycles. The highest BCUT2D eigenvalue weighted by Gasteiger charge is 2.13. The minimum absolute atomic E-state index is 0.102. The quantitative estimate of drug-likeness (QED) is 0.251. The van der Waals surface area contributed by atoms with Crippen molar-refractivity contribution in [1.29, 1.82) is 0 Å². The van der Waals surface area contributed by atoms with Crippen molar-refractivity contribution in [2.75, 3.05) is 0 Å². The number of hydrogen-bond donors (Lipinski definition) is 1. The van der Waals surface area contributed by atoms with E-state index in [-0.39, 0.29) is 10.6 Å². The number of sulfonamides is 1. The van der Waals surface area contributed by atoms with Crippen molar-refractivity contribution in [3.8, 4) is 5.75 Å². The highest BCUT2D eigenvalue weighted by atomic mass is 79.9. The van der Waals surface area contributed by atoms with E-state index in [0.29, 0.717) is 11.1 Å². The zero-order chi connectivity index (χ0) is 20.9. The Hall–Kier alpha value is -2.97. The van der Waals surface area contributed by atoms with Gasteiger partial charge < -0.3 is 4.74 Å². The van der Waals surface area contributed by atoms with Crippen molar-refractivity contribution in [1.82, 2.24) is 4.83 Å². The summed E-state index contributed by atoms with van der Waals surface area (Å²) >= 11 is 3.34. The summed E-state index contributed by atoms with van der Waals surface area (Å²) in [7, 11) is -3.80. The fourth-order valence-electron chi connectivity index (χ4n) is 2.38. The fourth-order valence-corrected chi connectivity index (χ4v) is 3.55. The molecule has 6 nitrogen and oxygen atoms in total. The molecule has 3 rings (SSSR count). The molecule has 0 aliphatic rings. The standard InChI is InChI=1S/C21H17BrN2O4S/c1-15-7-10-19(11-8-15)29(26,27)24-23-14-17-13-18(22)9-12-20(17)28-21(25)16-5-3-2-4-6-16/h2-14,24H,1H3. The van der Waals surface area contributed by atoms with Gasteiger partial charge in [-0.05, 0) is 49.4 Å². The summed E-state index contributed by atoms with van der Waals surface area (Å²) in [6.07, 6.45) is 1.28. The summed E-state index contributed by atoms with van der Waals surface area (Å²) < 4.78 is 30.8. The van der Waals surface area contributed by atoms with Crippen molar-refractivity contribution in [3.63, 3.8) is 0 Å². The number of hydrogen-bond acceptors (Lipinski definition) is 5. The molecule has 0 aliphatic heterocycles. The van der Waals surface area contributed by atoms with Crippen molar-refractivity contribution >= 4 is 38.1 Å². The van der Waals surface area contributed by atoms with E-state index in [1.807, 2.05) is 6.92 Å². The summed E-state index contributed by atoms with van der Waals surface area (Å²) in [4.78, 5) is 14.6. The van der Waals surface area contributed by atoms with E-state index in [9.17, 15) is 13.2 Å². The number of nitrogens with one attached hydrogen (secondary N) is 1. The van der Waals surface area contributed by atoms with Gasteiger partial charge in [0.25, 0.3) is 10.0 Å². The van der Waals surface area contributed by atoms with Gasteiger partial charge in [0.2, 0.25) is 0 Å². The molecule has 0 saturated heterocycles. The van der Waals surface area contributed by atoms with Gasteiger partial charge >= 0.3 is 5.97 Å². The smallest absolute Gasteiger partial charge is 0.343 e. The Bertz CT molecular complexity index is 1150. The van der Waals surface area contributed by atoms with Gasteiger partial charge in [0.15, 0.2) is 0 Å². The van der Waals surface area contributed by atoms with Gasteiger partial charge in [0.1, 0.15) is 5.75 Å². The van der Waals surface area contributed by atoms with Crippen LogP contribution in [0.5, 0.6) is 5.75 Å². The van der Waals surface area contributed by atoms with Gasteiger partial charge in [-0.2, -0.15) is 13.5 Å². The topological polar surface area (TPSA) is 84.8 Å². The molecule has 0 aliphatic carbocycles. The summed E-state index contributed by atoms with van der Waals surface area (Å²) in [5.74, 6) is -0.275. The van der Waals surface area contributed by atoms with Crippen LogP contribution in [0.4, 0.5) is 0 Å². The maximum atomic E-state index is 12.3. The molecule has 0 saturated carbocycles. The number of halogens is 1. The lowest BCUT2D eigenvalue weighted by atomic mass is 10.2. The Morgan fingerprint density at radius 1 is 1.03 bits per heavy atom. The first-order valence-electron chi connectivity index (χ1n) is 8.53. The highest BCUT2D eigenvalue weighted by molar-refractivity contribution is 9.10. The van der Waals surface area contributed by atoms with Crippen LogP contribution in [-0.2, 0) is 10.0 Å². The molecule has 3 aromatic rings. The zero-order valence-corrected chi connectivity index (χ0v) is 17.8. The lowest BCUT2D eigenvalue weighted by Crippen LogP contribution is -2.18. The van der Waals surface area contributed by atoms with E-state index in [1.165, 1.54) is 18.3 Å². The second-order valence-corrected chi connectivity index (χ2v) is 8.68. The predicted molar refractivity (Wildman–Crippen MR) is 115 cm³/mol. The van der Waals surface area contributed by atoms with Gasteiger partial charge in [0, 0.05) is 10.0 Å². The van der Waals surface area contributed by atoms with Crippen LogP contribution >= 0.6 is 15.9 Å². The SMILES string of the molecule is Cc1ccc(S(=O)(=O)NN=Cc2cc(Br)ccc2OC(=O)c2ccccc2)cc1. The van der Waals surface area contributed by atoms with E-state index in [2.05, 4.69) is 25.9 Å². The average Bonchev–Trinajstić information content (AvgIpc) is 2.71. The molecule has 3 aromatic carbocycles. The average molecular weight is 473 g/mol. The third kappa shape index (κ3) is 5.52.